The van der Waals surface area contributed by atoms with Crippen molar-refractivity contribution in [3.63, 3.8) is 0 Å². The van der Waals surface area contributed by atoms with Crippen LogP contribution in [0.5, 0.6) is 5.75 Å². The van der Waals surface area contributed by atoms with E-state index in [1.165, 1.54) is 0 Å². The van der Waals surface area contributed by atoms with Crippen LogP contribution in [-0.2, 0) is 11.2 Å². The molecule has 1 atom stereocenters. The van der Waals surface area contributed by atoms with Gasteiger partial charge in [0.1, 0.15) is 11.8 Å². The molecule has 0 saturated carbocycles. The monoisotopic (exact) mass is 358 g/mol. The third-order valence-electron chi connectivity index (χ3n) is 4.51. The van der Waals surface area contributed by atoms with Crippen molar-refractivity contribution >= 4 is 5.91 Å². The second-order valence-electron chi connectivity index (χ2n) is 7.11. The Morgan fingerprint density at radius 1 is 1.32 bits per heavy atom. The van der Waals surface area contributed by atoms with Crippen LogP contribution in [0.15, 0.2) is 24.3 Å². The smallest absolute Gasteiger partial charge is 0.405 e. The van der Waals surface area contributed by atoms with Gasteiger partial charge in [-0.25, -0.2) is 5.01 Å². The van der Waals surface area contributed by atoms with Crippen molar-refractivity contribution in [3.05, 3.63) is 29.8 Å². The minimum atomic E-state index is -4.37. The molecule has 1 unspecified atom stereocenters. The number of carbonyl (C=O) groups is 1. The Morgan fingerprint density at radius 3 is 2.60 bits per heavy atom. The summed E-state index contributed by atoms with van der Waals surface area (Å²) in [6, 6.07) is 5.89. The minimum absolute atomic E-state index is 0.0379. The number of rotatable bonds is 7. The van der Waals surface area contributed by atoms with Gasteiger partial charge in [0.2, 0.25) is 5.91 Å². The average molecular weight is 358 g/mol. The molecule has 1 fully saturated rings. The third-order valence-corrected chi connectivity index (χ3v) is 4.51. The molecule has 1 heterocycles. The molecule has 0 aromatic heterocycles. The number of halogens is 3. The maximum absolute atomic E-state index is 13.4. The van der Waals surface area contributed by atoms with Crippen molar-refractivity contribution < 1.29 is 22.7 Å². The third kappa shape index (κ3) is 5.11. The summed E-state index contributed by atoms with van der Waals surface area (Å²) in [5, 5.41) is 1.05. The van der Waals surface area contributed by atoms with Gasteiger partial charge >= 0.3 is 6.18 Å². The molecule has 1 N–H and O–H groups in total. The number of aryl methyl sites for hydroxylation is 1. The summed E-state index contributed by atoms with van der Waals surface area (Å²) < 4.78 is 45.3. The zero-order valence-corrected chi connectivity index (χ0v) is 14.8. The Morgan fingerprint density at radius 2 is 2.04 bits per heavy atom. The first-order valence-corrected chi connectivity index (χ1v) is 8.41. The molecule has 0 radical (unpaired) electrons. The van der Waals surface area contributed by atoms with Crippen LogP contribution in [0.4, 0.5) is 13.2 Å². The number of ether oxygens (including phenoxy) is 1. The van der Waals surface area contributed by atoms with Crippen LogP contribution in [-0.4, -0.2) is 36.8 Å². The average Bonchev–Trinajstić information content (AvgIpc) is 2.79. The molecule has 25 heavy (non-hydrogen) atoms. The summed E-state index contributed by atoms with van der Waals surface area (Å²) in [4.78, 5) is 11.8. The number of hydrogen-bond donors (Lipinski definition) is 1. The van der Waals surface area contributed by atoms with Gasteiger partial charge in [-0.05, 0) is 50.8 Å². The minimum Gasteiger partial charge on any atom is -0.497 e. The van der Waals surface area contributed by atoms with Gasteiger partial charge in [-0.15, -0.1) is 0 Å². The van der Waals surface area contributed by atoms with E-state index in [9.17, 15) is 18.0 Å². The van der Waals surface area contributed by atoms with E-state index in [0.717, 1.165) is 16.3 Å². The largest absolute Gasteiger partial charge is 0.497 e. The van der Waals surface area contributed by atoms with Crippen molar-refractivity contribution in [2.45, 2.75) is 51.7 Å². The van der Waals surface area contributed by atoms with Gasteiger partial charge < -0.3 is 4.74 Å². The van der Waals surface area contributed by atoms with Crippen LogP contribution in [0.25, 0.3) is 0 Å². The second kappa shape index (κ2) is 7.64. The maximum Gasteiger partial charge on any atom is 0.405 e. The normalized spacial score (nSPS) is 18.9. The van der Waals surface area contributed by atoms with E-state index in [0.29, 0.717) is 19.3 Å². The Hall–Kier alpha value is -1.76. The first kappa shape index (κ1) is 19.6. The molecule has 2 rings (SSSR count). The molecule has 0 spiro atoms. The van der Waals surface area contributed by atoms with Crippen LogP contribution in [0.3, 0.4) is 0 Å². The van der Waals surface area contributed by atoms with Gasteiger partial charge in [0.15, 0.2) is 0 Å². The molecule has 1 saturated heterocycles. The Labute approximate surface area is 146 Å². The predicted octanol–water partition coefficient (Wildman–Crippen LogP) is 3.71. The molecular formula is C18H25F3N2O2. The van der Waals surface area contributed by atoms with Crippen LogP contribution in [0.2, 0.25) is 0 Å². The molecule has 0 bridgehead atoms. The molecule has 1 aliphatic heterocycles. The quantitative estimate of drug-likeness (QED) is 0.756. The number of benzene rings is 1. The van der Waals surface area contributed by atoms with Crippen molar-refractivity contribution in [2.75, 3.05) is 13.7 Å². The lowest BCUT2D eigenvalue weighted by Crippen LogP contribution is -2.49. The summed E-state index contributed by atoms with van der Waals surface area (Å²) in [6.45, 7) is 3.36. The van der Waals surface area contributed by atoms with Crippen molar-refractivity contribution in [1.82, 2.24) is 10.4 Å². The molecule has 0 aliphatic carbocycles. The maximum atomic E-state index is 13.4. The molecule has 1 amide bonds. The fraction of sp³-hybridized carbons (Fsp3) is 0.611. The summed E-state index contributed by atoms with van der Waals surface area (Å²) in [5.74, 6) is 0.380. The number of amides is 1. The summed E-state index contributed by atoms with van der Waals surface area (Å²) >= 11 is 0. The SMILES string of the molecule is COc1cccc(CCCCC(N2CC(C)(C)C(=O)N2)C(F)(F)F)c1. The number of nitrogens with one attached hydrogen (secondary N) is 1. The Kier molecular flexibility index (Phi) is 5.98. The van der Waals surface area contributed by atoms with E-state index < -0.39 is 17.6 Å². The standard InChI is InChI=1S/C18H25F3N2O2/c1-17(2)12-23(22-16(17)24)15(18(19,20)21)10-5-4-7-13-8-6-9-14(11-13)25-3/h6,8-9,11,15H,4-5,7,10,12H2,1-3H3,(H,22,24). The van der Waals surface area contributed by atoms with Gasteiger partial charge in [-0.1, -0.05) is 18.6 Å². The number of unbranched alkanes of at least 4 members (excludes halogenated alkanes) is 1. The van der Waals surface area contributed by atoms with E-state index in [4.69, 9.17) is 4.74 Å². The first-order chi connectivity index (χ1) is 11.6. The molecule has 4 nitrogen and oxygen atoms in total. The first-order valence-electron chi connectivity index (χ1n) is 8.41. The number of hydrazine groups is 1. The zero-order valence-electron chi connectivity index (χ0n) is 14.8. The van der Waals surface area contributed by atoms with E-state index in [2.05, 4.69) is 5.43 Å². The number of methoxy groups -OCH3 is 1. The highest BCUT2D eigenvalue weighted by Crippen LogP contribution is 2.33. The predicted molar refractivity (Wildman–Crippen MR) is 89.0 cm³/mol. The Bertz CT molecular complexity index is 602. The summed E-state index contributed by atoms with van der Waals surface area (Å²) in [6.07, 6.45) is -2.65. The van der Waals surface area contributed by atoms with E-state index in [1.807, 2.05) is 24.3 Å². The van der Waals surface area contributed by atoms with Crippen molar-refractivity contribution in [2.24, 2.45) is 5.41 Å². The topological polar surface area (TPSA) is 41.6 Å². The number of hydrogen-bond acceptors (Lipinski definition) is 3. The van der Waals surface area contributed by atoms with Gasteiger partial charge in [0.25, 0.3) is 0 Å². The van der Waals surface area contributed by atoms with Crippen LogP contribution >= 0.6 is 0 Å². The van der Waals surface area contributed by atoms with Crippen LogP contribution in [0, 0.1) is 5.41 Å². The van der Waals surface area contributed by atoms with Gasteiger partial charge in [-0.2, -0.15) is 13.2 Å². The lowest BCUT2D eigenvalue weighted by atomic mass is 9.94. The second-order valence-corrected chi connectivity index (χ2v) is 7.11. The van der Waals surface area contributed by atoms with Crippen molar-refractivity contribution in [1.29, 1.82) is 0 Å². The van der Waals surface area contributed by atoms with Gasteiger partial charge in [0.05, 0.1) is 12.5 Å². The fourth-order valence-electron chi connectivity index (χ4n) is 3.00. The molecule has 140 valence electrons. The highest BCUT2D eigenvalue weighted by atomic mass is 19.4. The highest BCUT2D eigenvalue weighted by Gasteiger charge is 2.49. The fourth-order valence-corrected chi connectivity index (χ4v) is 3.00. The molecule has 1 aromatic rings. The van der Waals surface area contributed by atoms with Crippen LogP contribution in [0.1, 0.15) is 38.7 Å². The van der Waals surface area contributed by atoms with Gasteiger partial charge in [-0.3, -0.25) is 10.2 Å². The zero-order chi connectivity index (χ0) is 18.7. The van der Waals surface area contributed by atoms with Crippen molar-refractivity contribution in [3.8, 4) is 5.75 Å². The molecule has 1 aromatic carbocycles. The lowest BCUT2D eigenvalue weighted by molar-refractivity contribution is -0.190. The highest BCUT2D eigenvalue weighted by molar-refractivity contribution is 5.83. The summed E-state index contributed by atoms with van der Waals surface area (Å²) in [5.41, 5.74) is 2.62. The Balaban J connectivity index is 1.90. The van der Waals surface area contributed by atoms with E-state index in [-0.39, 0.29) is 18.9 Å². The number of carbonyl (C=O) groups excluding carboxylic acids is 1. The summed E-state index contributed by atoms with van der Waals surface area (Å²) in [7, 11) is 1.58. The molecule has 7 heteroatoms. The van der Waals surface area contributed by atoms with E-state index >= 15 is 0 Å². The van der Waals surface area contributed by atoms with Crippen LogP contribution < -0.4 is 10.2 Å². The van der Waals surface area contributed by atoms with E-state index in [1.54, 1.807) is 21.0 Å². The molecule has 1 aliphatic rings. The van der Waals surface area contributed by atoms with Gasteiger partial charge in [0, 0.05) is 6.54 Å². The molecular weight excluding hydrogens is 333 g/mol. The number of alkyl halides is 3. The number of nitrogens with zero attached hydrogens (tertiary/aromatic N) is 1. The lowest BCUT2D eigenvalue weighted by Gasteiger charge is -2.29.